The first-order valence-corrected chi connectivity index (χ1v) is 38.6. The molecule has 0 aliphatic carbocycles. The van der Waals surface area contributed by atoms with Gasteiger partial charge >= 0.3 is 0 Å². The quantitative estimate of drug-likeness (QED) is 0.151. The summed E-state index contributed by atoms with van der Waals surface area (Å²) < 4.78 is 0. The summed E-state index contributed by atoms with van der Waals surface area (Å²) in [5, 5.41) is 24.3. The predicted molar refractivity (Wildman–Crippen MR) is 480 cm³/mol. The SMILES string of the molecule is CC.CC.CC.CC.CC.[Y].[Y].[Y].[Y].[Y].[c-]1c(-c2[c-]c3ccccc3cc2)ccc2ccccc12.[c-]1cc2ccccc2cc1-c1[c-]c2ccccc2cc1.[c-]1cc2ccccc2cc1-c1[c-]cc2ccccc2c1.[c-]1cc2ccccc2cc1-c1[c-]ccc2ccccc12.[c-]1ccc2ccccc2c1-c1[c-]ccc2ccccc12. The van der Waals surface area contributed by atoms with Crippen molar-refractivity contribution in [3.8, 4) is 55.6 Å². The maximum Gasteiger partial charge on any atom is 0 e. The van der Waals surface area contributed by atoms with Gasteiger partial charge in [0.25, 0.3) is 0 Å². The van der Waals surface area contributed by atoms with Crippen LogP contribution in [-0.2, 0) is 164 Å². The third-order valence-corrected chi connectivity index (χ3v) is 18.2. The second-order valence-electron chi connectivity index (χ2n) is 24.6. The van der Waals surface area contributed by atoms with E-state index in [1.807, 2.05) is 124 Å². The first-order chi connectivity index (χ1) is 54.5. The van der Waals surface area contributed by atoms with Crippen molar-refractivity contribution >= 4 is 108 Å². The molecule has 20 rings (SSSR count). The fraction of sp³-hybridized carbons (Fsp3) is 0.0909. The van der Waals surface area contributed by atoms with Crippen LogP contribution in [0.3, 0.4) is 0 Å². The van der Waals surface area contributed by atoms with Crippen LogP contribution in [0.5, 0.6) is 0 Å². The first-order valence-electron chi connectivity index (χ1n) is 38.6. The van der Waals surface area contributed by atoms with E-state index in [9.17, 15) is 0 Å². The molecule has 0 N–H and O–H groups in total. The number of rotatable bonds is 5. The van der Waals surface area contributed by atoms with Gasteiger partial charge in [0.2, 0.25) is 0 Å². The maximum atomic E-state index is 3.48. The van der Waals surface area contributed by atoms with E-state index in [0.29, 0.717) is 0 Å². The summed E-state index contributed by atoms with van der Waals surface area (Å²) in [6, 6.07) is 160. The van der Waals surface area contributed by atoms with Crippen LogP contribution in [0.15, 0.2) is 364 Å². The third-order valence-electron chi connectivity index (χ3n) is 18.2. The zero-order valence-corrected chi connectivity index (χ0v) is 81.7. The molecule has 0 heterocycles. The zero-order valence-electron chi connectivity index (χ0n) is 67.5. The van der Waals surface area contributed by atoms with Gasteiger partial charge in [-0.05, 0) is 0 Å². The standard InChI is InChI=1S/5C20H12.5C2H6.5Y/c1-3-11-17-15(7-1)9-5-13-19(17)20-14-6-10-16-8-2-4-12-18(16)20;3*1-3-7-17-13-19(11-9-15(17)5-1)20-12-10-16-6-2-4-8-18(16)14-20;1-2-8-17-14-18(13-12-15(17)6-1)20-11-5-9-16-7-3-4-10-19(16)20;5*1-2;;;;;/h1-12H;1-10,13-14H;1-11,14H;1-12H;1-10,12,14H;5*1-2H3;;;;;/q5*-2;;;;;;;;;;. The molecule has 0 saturated heterocycles. The molecule has 0 aliphatic heterocycles. The van der Waals surface area contributed by atoms with Crippen molar-refractivity contribution in [2.75, 3.05) is 0 Å². The van der Waals surface area contributed by atoms with Crippen molar-refractivity contribution in [2.24, 2.45) is 0 Å². The van der Waals surface area contributed by atoms with Crippen LogP contribution >= 0.6 is 0 Å². The van der Waals surface area contributed by atoms with Gasteiger partial charge in [0, 0.05) is 164 Å². The van der Waals surface area contributed by atoms with E-state index in [-0.39, 0.29) is 164 Å². The zero-order chi connectivity index (χ0) is 76.8. The van der Waals surface area contributed by atoms with Crippen molar-refractivity contribution < 1.29 is 164 Å². The van der Waals surface area contributed by atoms with Crippen LogP contribution in [0.25, 0.3) is 163 Å². The Kier molecular flexibility index (Phi) is 42.7. The Bertz CT molecular complexity index is 5630. The predicted octanol–water partition coefficient (Wildman–Crippen LogP) is 31.4. The molecule has 5 radical (unpaired) electrons. The van der Waals surface area contributed by atoms with E-state index in [2.05, 4.69) is 370 Å². The van der Waals surface area contributed by atoms with Gasteiger partial charge in [-0.1, -0.05) is 292 Å². The van der Waals surface area contributed by atoms with Crippen molar-refractivity contribution in [2.45, 2.75) is 69.2 Å². The molecule has 115 heavy (non-hydrogen) atoms. The summed E-state index contributed by atoms with van der Waals surface area (Å²) >= 11 is 0. The van der Waals surface area contributed by atoms with Crippen LogP contribution < -0.4 is 0 Å². The van der Waals surface area contributed by atoms with E-state index in [0.717, 1.165) is 71.8 Å². The first kappa shape index (κ1) is 96.4. The molecule has 0 saturated carbocycles. The Morgan fingerprint density at radius 1 is 0.157 bits per heavy atom. The molecule has 0 aromatic heterocycles. The summed E-state index contributed by atoms with van der Waals surface area (Å²) in [5.74, 6) is 0. The second-order valence-corrected chi connectivity index (χ2v) is 24.6. The molecule has 0 unspecified atom stereocenters. The van der Waals surface area contributed by atoms with Crippen molar-refractivity contribution in [3.05, 3.63) is 425 Å². The summed E-state index contributed by atoms with van der Waals surface area (Å²) in [6.07, 6.45) is 0. The maximum absolute atomic E-state index is 3.48. The minimum Gasteiger partial charge on any atom is -0.226 e. The van der Waals surface area contributed by atoms with Gasteiger partial charge < -0.3 is 0 Å². The van der Waals surface area contributed by atoms with E-state index >= 15 is 0 Å². The average molecular weight is 1860 g/mol. The summed E-state index contributed by atoms with van der Waals surface area (Å²) in [4.78, 5) is 0. The van der Waals surface area contributed by atoms with Crippen molar-refractivity contribution in [1.82, 2.24) is 0 Å². The Labute approximate surface area is 809 Å². The molecule has 0 atom stereocenters. The topological polar surface area (TPSA) is 0 Å². The number of benzene rings is 20. The molecule has 20 aromatic rings. The molecule has 0 aliphatic rings. The Balaban J connectivity index is 0.000000215. The Morgan fingerprint density at radius 2 is 0.365 bits per heavy atom. The van der Waals surface area contributed by atoms with Crippen LogP contribution in [0.1, 0.15) is 69.2 Å². The van der Waals surface area contributed by atoms with Gasteiger partial charge in [0.15, 0.2) is 0 Å². The molecule has 0 fully saturated rings. The van der Waals surface area contributed by atoms with E-state index < -0.39 is 0 Å². The molecule has 0 bridgehead atoms. The van der Waals surface area contributed by atoms with Crippen LogP contribution in [-0.4, -0.2) is 0 Å². The van der Waals surface area contributed by atoms with Gasteiger partial charge in [-0.2, -0.15) is 138 Å². The minimum absolute atomic E-state index is 0. The van der Waals surface area contributed by atoms with Crippen LogP contribution in [0.2, 0.25) is 0 Å². The molecule has 20 aromatic carbocycles. The molecule has 0 spiro atoms. The third kappa shape index (κ3) is 25.1. The summed E-state index contributed by atoms with van der Waals surface area (Å²) in [6.45, 7) is 20.0. The van der Waals surface area contributed by atoms with Gasteiger partial charge in [-0.25, -0.2) is 38.9 Å². The molecule has 0 amide bonds. The molecular formula is C110H90Y5-10. The Morgan fingerprint density at radius 3 is 0.670 bits per heavy atom. The molecule has 555 valence electrons. The smallest absolute Gasteiger partial charge is 0 e. The largest absolute Gasteiger partial charge is 0.226 e. The second kappa shape index (κ2) is 51.0. The van der Waals surface area contributed by atoms with Crippen molar-refractivity contribution in [1.29, 1.82) is 0 Å². The van der Waals surface area contributed by atoms with Gasteiger partial charge in [-0.3, -0.25) is 0 Å². The van der Waals surface area contributed by atoms with Crippen LogP contribution in [0, 0.1) is 60.7 Å². The average Bonchev–Trinajstić information content (AvgIpc) is 0.790. The van der Waals surface area contributed by atoms with Crippen molar-refractivity contribution in [3.63, 3.8) is 0 Å². The van der Waals surface area contributed by atoms with E-state index in [1.54, 1.807) is 0 Å². The van der Waals surface area contributed by atoms with Gasteiger partial charge in [0.05, 0.1) is 0 Å². The fourth-order valence-electron chi connectivity index (χ4n) is 13.1. The monoisotopic (exact) mass is 1860 g/mol. The van der Waals surface area contributed by atoms with E-state index in [4.69, 9.17) is 0 Å². The normalized spacial score (nSPS) is 9.83. The molecule has 0 nitrogen and oxygen atoms in total. The summed E-state index contributed by atoms with van der Waals surface area (Å²) in [7, 11) is 0. The van der Waals surface area contributed by atoms with E-state index in [1.165, 1.54) is 91.6 Å². The summed E-state index contributed by atoms with van der Waals surface area (Å²) in [5.41, 5.74) is 11.0. The number of hydrogen-bond donors (Lipinski definition) is 0. The van der Waals surface area contributed by atoms with Gasteiger partial charge in [-0.15, -0.1) is 189 Å². The molecular weight excluding hydrogens is 1770 g/mol. The number of hydrogen-bond acceptors (Lipinski definition) is 0. The fourth-order valence-corrected chi connectivity index (χ4v) is 13.1. The minimum atomic E-state index is 0. The number of fused-ring (bicyclic) bond motifs is 10. The Hall–Kier alpha value is -7.48. The van der Waals surface area contributed by atoms with Crippen LogP contribution in [0.4, 0.5) is 0 Å². The molecule has 5 heteroatoms. The van der Waals surface area contributed by atoms with Gasteiger partial charge in [0.1, 0.15) is 0 Å².